The van der Waals surface area contributed by atoms with Gasteiger partial charge in [0.05, 0.1) is 32.1 Å². The molecule has 170 valence electrons. The van der Waals surface area contributed by atoms with Crippen LogP contribution in [0.4, 0.5) is 25.0 Å². The number of aromatic nitrogens is 1. The second-order valence-corrected chi connectivity index (χ2v) is 7.04. The molecule has 1 aromatic heterocycles. The Kier molecular flexibility index (Phi) is 6.61. The van der Waals surface area contributed by atoms with E-state index in [0.29, 0.717) is 28.2 Å². The molecule has 2 amide bonds. The Balaban J connectivity index is 2.15. The summed E-state index contributed by atoms with van der Waals surface area (Å²) in [5.74, 6) is -2.47. The van der Waals surface area contributed by atoms with Crippen LogP contribution in [0.25, 0.3) is 5.57 Å². The first-order chi connectivity index (χ1) is 15.3. The van der Waals surface area contributed by atoms with E-state index in [9.17, 15) is 4.79 Å². The van der Waals surface area contributed by atoms with Crippen molar-refractivity contribution in [2.45, 2.75) is 20.4 Å². The quantitative estimate of drug-likeness (QED) is 0.630. The van der Waals surface area contributed by atoms with Crippen LogP contribution in [0.15, 0.2) is 24.5 Å². The number of benzene rings is 1. The summed E-state index contributed by atoms with van der Waals surface area (Å²) in [5, 5.41) is 10.9. The number of halogens is 2. The van der Waals surface area contributed by atoms with Gasteiger partial charge in [-0.2, -0.15) is 0 Å². The molecule has 0 fully saturated rings. The van der Waals surface area contributed by atoms with Crippen LogP contribution in [0.2, 0.25) is 0 Å². The van der Waals surface area contributed by atoms with Crippen LogP contribution >= 0.6 is 0 Å². The van der Waals surface area contributed by atoms with Gasteiger partial charge in [0.25, 0.3) is 0 Å². The van der Waals surface area contributed by atoms with E-state index < -0.39 is 23.4 Å². The van der Waals surface area contributed by atoms with Crippen molar-refractivity contribution in [3.05, 3.63) is 47.4 Å². The third-order valence-electron chi connectivity index (χ3n) is 5.15. The van der Waals surface area contributed by atoms with E-state index in [2.05, 4.69) is 10.3 Å². The van der Waals surface area contributed by atoms with E-state index in [0.717, 1.165) is 11.0 Å². The number of carbonyl (C=O) groups excluding carboxylic acids is 1. The fraction of sp³-hybridized carbons (Fsp3) is 0.318. The molecule has 8 nitrogen and oxygen atoms in total. The number of urea groups is 1. The van der Waals surface area contributed by atoms with Crippen molar-refractivity contribution in [3.8, 4) is 11.5 Å². The van der Waals surface area contributed by atoms with Crippen LogP contribution in [0, 0.1) is 17.0 Å². The lowest BCUT2D eigenvalue weighted by molar-refractivity contribution is 0.249. The Morgan fingerprint density at radius 3 is 2.38 bits per heavy atom. The first kappa shape index (κ1) is 23.0. The first-order valence-electron chi connectivity index (χ1n) is 9.90. The molecule has 0 unspecified atom stereocenters. The minimum Gasteiger partial charge on any atom is -0.493 e. The third-order valence-corrected chi connectivity index (χ3v) is 5.15. The normalized spacial score (nSPS) is 13.7. The van der Waals surface area contributed by atoms with E-state index >= 15 is 8.78 Å². The number of pyridine rings is 1. The minimum atomic E-state index is -0.998. The van der Waals surface area contributed by atoms with Crippen LogP contribution in [-0.4, -0.2) is 44.5 Å². The van der Waals surface area contributed by atoms with E-state index in [1.165, 1.54) is 19.1 Å². The summed E-state index contributed by atoms with van der Waals surface area (Å²) < 4.78 is 40.1. The maximum atomic E-state index is 15.1. The summed E-state index contributed by atoms with van der Waals surface area (Å²) in [6.45, 7) is 3.55. The molecule has 0 aliphatic carbocycles. The molecule has 10 heteroatoms. The lowest BCUT2D eigenvalue weighted by atomic mass is 10.0. The number of allylic oxidation sites excluding steroid dienone is 1. The van der Waals surface area contributed by atoms with E-state index in [1.807, 2.05) is 0 Å². The molecule has 0 saturated heterocycles. The number of ether oxygens (including phenoxy) is 2. The van der Waals surface area contributed by atoms with Crippen molar-refractivity contribution in [2.75, 3.05) is 37.6 Å². The van der Waals surface area contributed by atoms with Gasteiger partial charge >= 0.3 is 6.03 Å². The van der Waals surface area contributed by atoms with Gasteiger partial charge in [0.15, 0.2) is 23.1 Å². The molecule has 0 bridgehead atoms. The summed E-state index contributed by atoms with van der Waals surface area (Å²) >= 11 is 0. The largest absolute Gasteiger partial charge is 0.493 e. The molecule has 2 N–H and O–H groups in total. The average molecular weight is 445 g/mol. The van der Waals surface area contributed by atoms with Crippen LogP contribution in [0.1, 0.15) is 25.1 Å². The number of rotatable bonds is 7. The maximum absolute atomic E-state index is 15.1. The summed E-state index contributed by atoms with van der Waals surface area (Å²) in [5.41, 5.74) is 1.98. The number of nitrogens with one attached hydrogen (secondary N) is 2. The molecule has 0 radical (unpaired) electrons. The van der Waals surface area contributed by atoms with Gasteiger partial charge in [0.2, 0.25) is 0 Å². The Bertz CT molecular complexity index is 1080. The summed E-state index contributed by atoms with van der Waals surface area (Å²) in [6, 6.07) is 2.20. The number of amides is 2. The SMILES string of the molecule is CCN1C(=O)N(c2c(F)c(OC)cc(OC)c2F)Cc2cnc(/C(=C/NC)C(C)=N)cc21. The van der Waals surface area contributed by atoms with Gasteiger partial charge in [-0.15, -0.1) is 0 Å². The number of hydrogen-bond donors (Lipinski definition) is 2. The predicted molar refractivity (Wildman–Crippen MR) is 119 cm³/mol. The smallest absolute Gasteiger partial charge is 0.329 e. The summed E-state index contributed by atoms with van der Waals surface area (Å²) in [7, 11) is 4.21. The van der Waals surface area contributed by atoms with Crippen LogP contribution in [0.5, 0.6) is 11.5 Å². The Hall–Kier alpha value is -3.69. The monoisotopic (exact) mass is 445 g/mol. The number of nitrogens with zero attached hydrogens (tertiary/aromatic N) is 3. The lowest BCUT2D eigenvalue weighted by Gasteiger charge is -2.37. The molecule has 0 atom stereocenters. The fourth-order valence-electron chi connectivity index (χ4n) is 3.59. The topological polar surface area (TPSA) is 90.8 Å². The van der Waals surface area contributed by atoms with Crippen molar-refractivity contribution in [1.29, 1.82) is 5.41 Å². The van der Waals surface area contributed by atoms with Crippen LogP contribution < -0.4 is 24.6 Å². The highest BCUT2D eigenvalue weighted by Gasteiger charge is 2.36. The number of fused-ring (bicyclic) bond motifs is 1. The van der Waals surface area contributed by atoms with Crippen molar-refractivity contribution < 1.29 is 23.0 Å². The Morgan fingerprint density at radius 2 is 1.88 bits per heavy atom. The molecule has 2 heterocycles. The first-order valence-corrected chi connectivity index (χ1v) is 9.90. The third kappa shape index (κ3) is 3.83. The Morgan fingerprint density at radius 1 is 1.25 bits per heavy atom. The lowest BCUT2D eigenvalue weighted by Crippen LogP contribution is -2.48. The zero-order chi connectivity index (χ0) is 23.6. The van der Waals surface area contributed by atoms with Gasteiger partial charge in [-0.1, -0.05) is 0 Å². The number of carbonyl (C=O) groups is 1. The van der Waals surface area contributed by atoms with E-state index in [-0.39, 0.29) is 24.6 Å². The molecule has 0 saturated carbocycles. The molecule has 1 aliphatic heterocycles. The van der Waals surface area contributed by atoms with Gasteiger partial charge in [-0.3, -0.25) is 14.8 Å². The van der Waals surface area contributed by atoms with Crippen LogP contribution in [-0.2, 0) is 6.54 Å². The van der Waals surface area contributed by atoms with Crippen molar-refractivity contribution >= 4 is 28.7 Å². The standard InChI is InChI=1S/C22H25F2N5O3/c1-6-28-16-7-15(14(10-26-3)12(2)25)27-9-13(16)11-29(22(28)30)21-19(23)17(31-4)8-18(32-5)20(21)24/h7-10,25-26H,6,11H2,1-5H3/b14-10+,25-12?. The highest BCUT2D eigenvalue weighted by Crippen LogP contribution is 2.41. The number of hydrogen-bond acceptors (Lipinski definition) is 6. The molecule has 1 aliphatic rings. The molecule has 1 aromatic carbocycles. The van der Waals surface area contributed by atoms with Gasteiger partial charge in [0, 0.05) is 48.9 Å². The molecular formula is C22H25F2N5O3. The van der Waals surface area contributed by atoms with Crippen molar-refractivity contribution in [1.82, 2.24) is 10.3 Å². The second kappa shape index (κ2) is 9.21. The van der Waals surface area contributed by atoms with E-state index in [4.69, 9.17) is 14.9 Å². The molecule has 2 aromatic rings. The maximum Gasteiger partial charge on any atom is 0.329 e. The predicted octanol–water partition coefficient (Wildman–Crippen LogP) is 3.94. The molecular weight excluding hydrogens is 420 g/mol. The second-order valence-electron chi connectivity index (χ2n) is 7.04. The van der Waals surface area contributed by atoms with Gasteiger partial charge < -0.3 is 20.2 Å². The molecule has 32 heavy (non-hydrogen) atoms. The average Bonchev–Trinajstić information content (AvgIpc) is 2.77. The van der Waals surface area contributed by atoms with Crippen LogP contribution in [0.3, 0.4) is 0 Å². The summed E-state index contributed by atoms with van der Waals surface area (Å²) in [6.07, 6.45) is 3.20. The highest BCUT2D eigenvalue weighted by atomic mass is 19.1. The van der Waals surface area contributed by atoms with Gasteiger partial charge in [0.1, 0.15) is 5.69 Å². The van der Waals surface area contributed by atoms with Crippen molar-refractivity contribution in [2.24, 2.45) is 0 Å². The van der Waals surface area contributed by atoms with Gasteiger partial charge in [-0.25, -0.2) is 13.6 Å². The zero-order valence-electron chi connectivity index (χ0n) is 18.5. The summed E-state index contributed by atoms with van der Waals surface area (Å²) in [4.78, 5) is 20.1. The van der Waals surface area contributed by atoms with Crippen molar-refractivity contribution in [3.63, 3.8) is 0 Å². The van der Waals surface area contributed by atoms with Gasteiger partial charge in [-0.05, 0) is 19.9 Å². The minimum absolute atomic E-state index is 0.100. The number of methoxy groups -OCH3 is 2. The van der Waals surface area contributed by atoms with E-state index in [1.54, 1.807) is 39.4 Å². The molecule has 3 rings (SSSR count). The fourth-order valence-corrected chi connectivity index (χ4v) is 3.59. The Labute approximate surface area is 185 Å². The zero-order valence-corrected chi connectivity index (χ0v) is 18.5. The highest BCUT2D eigenvalue weighted by molar-refractivity contribution is 6.20. The molecule has 0 spiro atoms. The number of anilines is 2.